The molecule has 1 aromatic heterocycles. The summed E-state index contributed by atoms with van der Waals surface area (Å²) in [6.07, 6.45) is -1.47. The Morgan fingerprint density at radius 1 is 1.07 bits per heavy atom. The molecule has 1 amide bonds. The molecule has 0 radical (unpaired) electrons. The van der Waals surface area contributed by atoms with Crippen LogP contribution in [-0.4, -0.2) is 23.7 Å². The molecule has 4 nitrogen and oxygen atoms in total. The van der Waals surface area contributed by atoms with Crippen molar-refractivity contribution in [2.45, 2.75) is 25.6 Å². The van der Waals surface area contributed by atoms with E-state index in [-0.39, 0.29) is 11.7 Å². The van der Waals surface area contributed by atoms with Crippen molar-refractivity contribution in [2.75, 3.05) is 6.61 Å². The molecule has 0 spiro atoms. The summed E-state index contributed by atoms with van der Waals surface area (Å²) < 4.78 is 41.0. The molecule has 0 atom stereocenters. The van der Waals surface area contributed by atoms with Crippen LogP contribution < -0.4 is 10.1 Å². The highest BCUT2D eigenvalue weighted by atomic mass is 19.4. The van der Waals surface area contributed by atoms with Gasteiger partial charge in [-0.2, -0.15) is 13.2 Å². The quantitative estimate of drug-likeness (QED) is 0.644. The Morgan fingerprint density at radius 2 is 1.81 bits per heavy atom. The highest BCUT2D eigenvalue weighted by Gasteiger charge is 2.28. The van der Waals surface area contributed by atoms with Gasteiger partial charge in [0.25, 0.3) is 0 Å². The maximum absolute atomic E-state index is 12.1. The molecule has 0 aliphatic rings. The molecular weight excluding hydrogens is 357 g/mol. The van der Waals surface area contributed by atoms with Crippen molar-refractivity contribution in [1.29, 1.82) is 0 Å². The van der Waals surface area contributed by atoms with Crippen LogP contribution in [-0.2, 0) is 17.8 Å². The van der Waals surface area contributed by atoms with Gasteiger partial charge in [-0.25, -0.2) is 0 Å². The minimum absolute atomic E-state index is 0.0855. The van der Waals surface area contributed by atoms with Crippen molar-refractivity contribution in [2.24, 2.45) is 0 Å². The van der Waals surface area contributed by atoms with E-state index in [0.717, 1.165) is 22.0 Å². The van der Waals surface area contributed by atoms with E-state index in [1.54, 1.807) is 12.1 Å². The van der Waals surface area contributed by atoms with Gasteiger partial charge in [0, 0.05) is 30.1 Å². The van der Waals surface area contributed by atoms with Gasteiger partial charge in [-0.3, -0.25) is 4.79 Å². The van der Waals surface area contributed by atoms with Gasteiger partial charge in [0.05, 0.1) is 0 Å². The second kappa shape index (κ2) is 8.16. The minimum Gasteiger partial charge on any atom is -0.484 e. The smallest absolute Gasteiger partial charge is 0.422 e. The van der Waals surface area contributed by atoms with Gasteiger partial charge in [0.15, 0.2) is 6.61 Å². The Morgan fingerprint density at radius 3 is 2.56 bits per heavy atom. The number of rotatable bonds is 7. The van der Waals surface area contributed by atoms with Crippen LogP contribution in [0.2, 0.25) is 0 Å². The van der Waals surface area contributed by atoms with Crippen molar-refractivity contribution in [3.8, 4) is 5.75 Å². The first-order valence-corrected chi connectivity index (χ1v) is 8.51. The molecule has 2 aromatic carbocycles. The zero-order valence-corrected chi connectivity index (χ0v) is 14.5. The second-order valence-corrected chi connectivity index (χ2v) is 6.18. The number of aromatic nitrogens is 1. The number of carbonyl (C=O) groups is 1. The van der Waals surface area contributed by atoms with E-state index in [4.69, 9.17) is 0 Å². The predicted molar refractivity (Wildman–Crippen MR) is 96.5 cm³/mol. The number of ether oxygens (including phenoxy) is 1. The molecule has 0 aliphatic heterocycles. The first-order chi connectivity index (χ1) is 12.9. The van der Waals surface area contributed by atoms with Crippen molar-refractivity contribution >= 4 is 16.8 Å². The van der Waals surface area contributed by atoms with Gasteiger partial charge in [0.1, 0.15) is 5.75 Å². The summed E-state index contributed by atoms with van der Waals surface area (Å²) in [5, 5.41) is 3.93. The summed E-state index contributed by atoms with van der Waals surface area (Å²) in [5.74, 6) is 0.0550. The van der Waals surface area contributed by atoms with E-state index in [1.165, 1.54) is 12.1 Å². The maximum Gasteiger partial charge on any atom is 0.422 e. The lowest BCUT2D eigenvalue weighted by molar-refractivity contribution is -0.153. The molecule has 2 N–H and O–H groups in total. The number of amides is 1. The molecule has 27 heavy (non-hydrogen) atoms. The number of halogens is 3. The van der Waals surface area contributed by atoms with Gasteiger partial charge in [-0.15, -0.1) is 0 Å². The van der Waals surface area contributed by atoms with Crippen molar-refractivity contribution in [1.82, 2.24) is 10.3 Å². The third-order valence-electron chi connectivity index (χ3n) is 4.11. The molecule has 7 heteroatoms. The summed E-state index contributed by atoms with van der Waals surface area (Å²) >= 11 is 0. The molecule has 0 unspecified atom stereocenters. The third-order valence-corrected chi connectivity index (χ3v) is 4.11. The molecule has 142 valence electrons. The number of benzene rings is 2. The summed E-state index contributed by atoms with van der Waals surface area (Å²) in [6.45, 7) is -1.01. The Balaban J connectivity index is 1.45. The summed E-state index contributed by atoms with van der Waals surface area (Å²) in [7, 11) is 0. The molecular formula is C20H19F3N2O2. The summed E-state index contributed by atoms with van der Waals surface area (Å²) in [4.78, 5) is 15.2. The van der Waals surface area contributed by atoms with E-state index in [1.807, 2.05) is 30.5 Å². The number of alkyl halides is 3. The summed E-state index contributed by atoms with van der Waals surface area (Å²) in [5.41, 5.74) is 2.92. The van der Waals surface area contributed by atoms with Crippen LogP contribution in [0.5, 0.6) is 5.75 Å². The Labute approximate surface area is 154 Å². The zero-order chi connectivity index (χ0) is 19.3. The normalized spacial score (nSPS) is 11.5. The van der Waals surface area contributed by atoms with E-state index in [9.17, 15) is 18.0 Å². The summed E-state index contributed by atoms with van der Waals surface area (Å²) in [6, 6.07) is 14.1. The number of nitrogens with one attached hydrogen (secondary N) is 2. The van der Waals surface area contributed by atoms with Crippen molar-refractivity contribution < 1.29 is 22.7 Å². The number of hydrogen-bond donors (Lipinski definition) is 2. The number of hydrogen-bond acceptors (Lipinski definition) is 2. The van der Waals surface area contributed by atoms with Crippen LogP contribution in [0.25, 0.3) is 10.9 Å². The number of para-hydroxylation sites is 1. The Kier molecular flexibility index (Phi) is 5.69. The average molecular weight is 376 g/mol. The SMILES string of the molecule is O=C(CCc1c[nH]c2ccccc12)NCc1ccc(OCC(F)(F)F)cc1. The lowest BCUT2D eigenvalue weighted by Crippen LogP contribution is -2.23. The molecule has 0 aliphatic carbocycles. The van der Waals surface area contributed by atoms with Gasteiger partial charge < -0.3 is 15.0 Å². The fraction of sp³-hybridized carbons (Fsp3) is 0.250. The molecule has 0 fully saturated rings. The minimum atomic E-state index is -4.36. The monoisotopic (exact) mass is 376 g/mol. The molecule has 0 bridgehead atoms. The van der Waals surface area contributed by atoms with E-state index < -0.39 is 12.8 Å². The lowest BCUT2D eigenvalue weighted by Gasteiger charge is -2.10. The van der Waals surface area contributed by atoms with Gasteiger partial charge in [0.2, 0.25) is 5.91 Å². The number of fused-ring (bicyclic) bond motifs is 1. The molecule has 3 aromatic rings. The third kappa shape index (κ3) is 5.51. The lowest BCUT2D eigenvalue weighted by atomic mass is 10.1. The topological polar surface area (TPSA) is 54.1 Å². The van der Waals surface area contributed by atoms with Crippen LogP contribution in [0, 0.1) is 0 Å². The zero-order valence-electron chi connectivity index (χ0n) is 14.5. The highest BCUT2D eigenvalue weighted by molar-refractivity contribution is 5.84. The Bertz CT molecular complexity index is 901. The number of aryl methyl sites for hydroxylation is 1. The molecule has 1 heterocycles. The van der Waals surface area contributed by atoms with Gasteiger partial charge in [-0.1, -0.05) is 30.3 Å². The largest absolute Gasteiger partial charge is 0.484 e. The van der Waals surface area contributed by atoms with Gasteiger partial charge >= 0.3 is 6.18 Å². The van der Waals surface area contributed by atoms with Crippen LogP contribution in [0.15, 0.2) is 54.7 Å². The Hall–Kier alpha value is -2.96. The predicted octanol–water partition coefficient (Wildman–Crippen LogP) is 4.36. The molecule has 0 saturated heterocycles. The first-order valence-electron chi connectivity index (χ1n) is 8.51. The van der Waals surface area contributed by atoms with E-state index in [0.29, 0.717) is 19.4 Å². The fourth-order valence-electron chi connectivity index (χ4n) is 2.74. The van der Waals surface area contributed by atoms with Gasteiger partial charge in [-0.05, 0) is 35.7 Å². The fourth-order valence-corrected chi connectivity index (χ4v) is 2.74. The number of H-pyrrole nitrogens is 1. The standard InChI is InChI=1S/C20H19F3N2O2/c21-20(22,23)13-27-16-8-5-14(6-9-16)11-25-19(26)10-7-15-12-24-18-4-2-1-3-17(15)18/h1-6,8-9,12,24H,7,10-11,13H2,(H,25,26). The van der Waals surface area contributed by atoms with Crippen LogP contribution in [0.3, 0.4) is 0 Å². The maximum atomic E-state index is 12.1. The highest BCUT2D eigenvalue weighted by Crippen LogP contribution is 2.20. The van der Waals surface area contributed by atoms with E-state index in [2.05, 4.69) is 15.0 Å². The number of aromatic amines is 1. The number of carbonyl (C=O) groups excluding carboxylic acids is 1. The molecule has 3 rings (SSSR count). The first kappa shape index (κ1) is 18.8. The van der Waals surface area contributed by atoms with Crippen LogP contribution in [0.4, 0.5) is 13.2 Å². The van der Waals surface area contributed by atoms with Crippen LogP contribution >= 0.6 is 0 Å². The van der Waals surface area contributed by atoms with Crippen molar-refractivity contribution in [3.63, 3.8) is 0 Å². The average Bonchev–Trinajstić information content (AvgIpc) is 3.06. The van der Waals surface area contributed by atoms with Crippen molar-refractivity contribution in [3.05, 3.63) is 65.9 Å². The van der Waals surface area contributed by atoms with E-state index >= 15 is 0 Å². The molecule has 0 saturated carbocycles. The second-order valence-electron chi connectivity index (χ2n) is 6.18. The van der Waals surface area contributed by atoms with Crippen LogP contribution in [0.1, 0.15) is 17.5 Å².